The number of hydrogen-bond donors (Lipinski definition) is 0. The molecule has 0 fully saturated rings. The van der Waals surface area contributed by atoms with Crippen molar-refractivity contribution >= 4 is 16.6 Å². The Morgan fingerprint density at radius 3 is 2.31 bits per heavy atom. The smallest absolute Gasteiger partial charge is 0.164 e. The van der Waals surface area contributed by atoms with E-state index in [9.17, 15) is 5.26 Å². The monoisotopic (exact) mass is 376 g/mol. The van der Waals surface area contributed by atoms with E-state index in [4.69, 9.17) is 14.8 Å². The SMILES string of the molecule is COc1ccc(-c2c(C#N)c(-c3ccccc3)nc3c4ccccc4nn23)cc1. The fourth-order valence-corrected chi connectivity index (χ4v) is 3.59. The summed E-state index contributed by atoms with van der Waals surface area (Å²) in [5.74, 6) is 0.756. The lowest BCUT2D eigenvalue weighted by molar-refractivity contribution is 0.415. The molecule has 0 aliphatic rings. The maximum absolute atomic E-state index is 10.1. The number of methoxy groups -OCH3 is 1. The maximum Gasteiger partial charge on any atom is 0.164 e. The highest BCUT2D eigenvalue weighted by molar-refractivity contribution is 5.95. The molecule has 29 heavy (non-hydrogen) atoms. The first-order valence-corrected chi connectivity index (χ1v) is 9.21. The van der Waals surface area contributed by atoms with Crippen molar-refractivity contribution in [1.29, 1.82) is 5.26 Å². The van der Waals surface area contributed by atoms with Crippen LogP contribution in [0.5, 0.6) is 5.75 Å². The Balaban J connectivity index is 1.93. The highest BCUT2D eigenvalue weighted by Crippen LogP contribution is 2.34. The highest BCUT2D eigenvalue weighted by Gasteiger charge is 2.21. The molecule has 0 saturated carbocycles. The summed E-state index contributed by atoms with van der Waals surface area (Å²) in [5.41, 5.74) is 5.19. The van der Waals surface area contributed by atoms with Gasteiger partial charge in [-0.3, -0.25) is 0 Å². The minimum Gasteiger partial charge on any atom is -0.497 e. The molecular weight excluding hydrogens is 360 g/mol. The quantitative estimate of drug-likeness (QED) is 0.440. The van der Waals surface area contributed by atoms with E-state index in [-0.39, 0.29) is 0 Å². The summed E-state index contributed by atoms with van der Waals surface area (Å²) in [6.07, 6.45) is 0. The molecule has 5 rings (SSSR count). The third-order valence-electron chi connectivity index (χ3n) is 4.98. The summed E-state index contributed by atoms with van der Waals surface area (Å²) >= 11 is 0. The van der Waals surface area contributed by atoms with Gasteiger partial charge in [0, 0.05) is 16.5 Å². The largest absolute Gasteiger partial charge is 0.497 e. The lowest BCUT2D eigenvalue weighted by Gasteiger charge is -2.12. The van der Waals surface area contributed by atoms with E-state index in [2.05, 4.69) is 6.07 Å². The van der Waals surface area contributed by atoms with Crippen molar-refractivity contribution in [2.24, 2.45) is 0 Å². The molecule has 0 atom stereocenters. The Morgan fingerprint density at radius 2 is 1.59 bits per heavy atom. The van der Waals surface area contributed by atoms with Crippen LogP contribution in [0.3, 0.4) is 0 Å². The average Bonchev–Trinajstić information content (AvgIpc) is 3.16. The van der Waals surface area contributed by atoms with Crippen LogP contribution in [0.25, 0.3) is 39.1 Å². The zero-order chi connectivity index (χ0) is 19.8. The lowest BCUT2D eigenvalue weighted by Crippen LogP contribution is -2.03. The van der Waals surface area contributed by atoms with Crippen molar-refractivity contribution in [1.82, 2.24) is 14.6 Å². The normalized spacial score (nSPS) is 10.9. The van der Waals surface area contributed by atoms with Gasteiger partial charge in [0.2, 0.25) is 0 Å². The Morgan fingerprint density at radius 1 is 0.862 bits per heavy atom. The van der Waals surface area contributed by atoms with E-state index >= 15 is 0 Å². The van der Waals surface area contributed by atoms with E-state index < -0.39 is 0 Å². The average molecular weight is 376 g/mol. The molecule has 2 aromatic heterocycles. The van der Waals surface area contributed by atoms with Crippen LogP contribution in [-0.2, 0) is 0 Å². The molecule has 0 saturated heterocycles. The van der Waals surface area contributed by atoms with Crippen molar-refractivity contribution in [3.63, 3.8) is 0 Å². The van der Waals surface area contributed by atoms with E-state index in [1.54, 1.807) is 11.6 Å². The summed E-state index contributed by atoms with van der Waals surface area (Å²) < 4.78 is 7.07. The van der Waals surface area contributed by atoms with Gasteiger partial charge in [0.05, 0.1) is 24.0 Å². The summed E-state index contributed by atoms with van der Waals surface area (Å²) in [6, 6.07) is 27.7. The molecule has 0 aliphatic carbocycles. The number of hydrogen-bond acceptors (Lipinski definition) is 4. The van der Waals surface area contributed by atoms with E-state index in [0.29, 0.717) is 11.3 Å². The van der Waals surface area contributed by atoms with Crippen LogP contribution in [0.15, 0.2) is 78.9 Å². The van der Waals surface area contributed by atoms with Gasteiger partial charge in [-0.25, -0.2) is 9.50 Å². The molecule has 138 valence electrons. The predicted octanol–water partition coefficient (Wildman–Crippen LogP) is 5.10. The molecule has 5 nitrogen and oxygen atoms in total. The highest BCUT2D eigenvalue weighted by atomic mass is 16.5. The molecule has 2 heterocycles. The van der Waals surface area contributed by atoms with Gasteiger partial charge < -0.3 is 4.74 Å². The van der Waals surface area contributed by atoms with Crippen molar-refractivity contribution in [2.75, 3.05) is 7.11 Å². The molecule has 0 unspecified atom stereocenters. The molecule has 5 heteroatoms. The third kappa shape index (κ3) is 2.70. The summed E-state index contributed by atoms with van der Waals surface area (Å²) in [7, 11) is 1.63. The van der Waals surface area contributed by atoms with Crippen molar-refractivity contribution in [3.05, 3.63) is 84.4 Å². The minimum atomic E-state index is 0.488. The van der Waals surface area contributed by atoms with Gasteiger partial charge in [0.1, 0.15) is 17.4 Å². The van der Waals surface area contributed by atoms with Crippen molar-refractivity contribution < 1.29 is 4.74 Å². The number of fused-ring (bicyclic) bond motifs is 3. The number of ether oxygens (including phenoxy) is 1. The molecule has 0 N–H and O–H groups in total. The van der Waals surface area contributed by atoms with Gasteiger partial charge in [0.15, 0.2) is 5.65 Å². The second-order valence-corrected chi connectivity index (χ2v) is 6.64. The van der Waals surface area contributed by atoms with Crippen LogP contribution in [0.1, 0.15) is 5.56 Å². The van der Waals surface area contributed by atoms with Gasteiger partial charge in [-0.2, -0.15) is 10.4 Å². The number of nitrogens with zero attached hydrogens (tertiary/aromatic N) is 4. The first-order valence-electron chi connectivity index (χ1n) is 9.21. The lowest BCUT2D eigenvalue weighted by atomic mass is 10.0. The fraction of sp³-hybridized carbons (Fsp3) is 0.0417. The molecule has 0 bridgehead atoms. The molecule has 0 aliphatic heterocycles. The topological polar surface area (TPSA) is 63.2 Å². The van der Waals surface area contributed by atoms with Crippen LogP contribution in [0.2, 0.25) is 0 Å². The van der Waals surface area contributed by atoms with Crippen LogP contribution < -0.4 is 4.74 Å². The first kappa shape index (κ1) is 17.0. The van der Waals surface area contributed by atoms with Crippen LogP contribution in [-0.4, -0.2) is 21.7 Å². The second kappa shape index (κ2) is 6.77. The Labute approximate surface area is 167 Å². The van der Waals surface area contributed by atoms with E-state index in [1.807, 2.05) is 78.9 Å². The first-order chi connectivity index (χ1) is 14.3. The summed E-state index contributed by atoms with van der Waals surface area (Å²) in [6.45, 7) is 0. The fourth-order valence-electron chi connectivity index (χ4n) is 3.59. The van der Waals surface area contributed by atoms with Gasteiger partial charge in [-0.1, -0.05) is 42.5 Å². The predicted molar refractivity (Wildman–Crippen MR) is 113 cm³/mol. The van der Waals surface area contributed by atoms with Crippen LogP contribution in [0, 0.1) is 11.3 Å². The Kier molecular flexibility index (Phi) is 3.96. The van der Waals surface area contributed by atoms with Crippen LogP contribution >= 0.6 is 0 Å². The molecule has 0 amide bonds. The maximum atomic E-state index is 10.1. The number of rotatable bonds is 3. The number of nitriles is 1. The molecule has 0 spiro atoms. The molecule has 3 aromatic carbocycles. The third-order valence-corrected chi connectivity index (χ3v) is 4.98. The molecular formula is C24H16N4O. The minimum absolute atomic E-state index is 0.488. The van der Waals surface area contributed by atoms with Gasteiger partial charge in [0.25, 0.3) is 0 Å². The number of benzene rings is 3. The van der Waals surface area contributed by atoms with Gasteiger partial charge in [-0.05, 0) is 36.4 Å². The van der Waals surface area contributed by atoms with Crippen molar-refractivity contribution in [2.45, 2.75) is 0 Å². The zero-order valence-corrected chi connectivity index (χ0v) is 15.7. The Hall–Kier alpha value is -4.17. The van der Waals surface area contributed by atoms with Gasteiger partial charge in [-0.15, -0.1) is 0 Å². The van der Waals surface area contributed by atoms with Gasteiger partial charge >= 0.3 is 0 Å². The second-order valence-electron chi connectivity index (χ2n) is 6.64. The van der Waals surface area contributed by atoms with Crippen molar-refractivity contribution in [3.8, 4) is 34.3 Å². The van der Waals surface area contributed by atoms with Crippen LogP contribution in [0.4, 0.5) is 0 Å². The summed E-state index contributed by atoms with van der Waals surface area (Å²) in [5, 5.41) is 15.8. The molecule has 5 aromatic rings. The number of aromatic nitrogens is 3. The zero-order valence-electron chi connectivity index (χ0n) is 15.7. The molecule has 0 radical (unpaired) electrons. The van der Waals surface area contributed by atoms with E-state index in [0.717, 1.165) is 39.1 Å². The van der Waals surface area contributed by atoms with E-state index in [1.165, 1.54) is 0 Å². The summed E-state index contributed by atoms with van der Waals surface area (Å²) in [4.78, 5) is 4.88. The standard InChI is InChI=1S/C24H16N4O/c1-29-18-13-11-17(12-14-18)23-20(15-25)22(16-7-3-2-4-8-16)26-24-19-9-5-6-10-21(19)27-28(23)24/h2-14H,1H3. The Bertz CT molecular complexity index is 1380.